The van der Waals surface area contributed by atoms with Crippen LogP contribution in [0.4, 0.5) is 0 Å². The third kappa shape index (κ3) is 5.49. The lowest BCUT2D eigenvalue weighted by molar-refractivity contribution is 0.976. The van der Waals surface area contributed by atoms with Crippen molar-refractivity contribution in [3.05, 3.63) is 170 Å². The van der Waals surface area contributed by atoms with Gasteiger partial charge in [0.2, 0.25) is 0 Å². The van der Waals surface area contributed by atoms with E-state index in [1.807, 2.05) is 30.6 Å². The zero-order chi connectivity index (χ0) is 30.7. The number of hydrogen-bond acceptors (Lipinski definition) is 4. The molecule has 218 valence electrons. The van der Waals surface area contributed by atoms with E-state index >= 15 is 0 Å². The van der Waals surface area contributed by atoms with Gasteiger partial charge in [-0.3, -0.25) is 4.98 Å². The van der Waals surface area contributed by atoms with Crippen molar-refractivity contribution >= 4 is 16.5 Å². The van der Waals surface area contributed by atoms with E-state index in [9.17, 15) is 0 Å². The SMILES string of the molecule is C1=CC(c2cc(-c3ccc(-c4cccnc4)cc3)cc(-c3nc(-c4ccccc4)c4cc(-c5ccccc5)ccc4n3)c2)=CCN1. The molecule has 8 rings (SSSR count). The van der Waals surface area contributed by atoms with E-state index < -0.39 is 0 Å². The number of aromatic nitrogens is 3. The molecule has 4 heteroatoms. The van der Waals surface area contributed by atoms with E-state index in [0.29, 0.717) is 5.82 Å². The second-order valence-corrected chi connectivity index (χ2v) is 11.4. The smallest absolute Gasteiger partial charge is 0.160 e. The van der Waals surface area contributed by atoms with Gasteiger partial charge in [0.15, 0.2) is 5.82 Å². The maximum atomic E-state index is 5.28. The first-order valence-electron chi connectivity index (χ1n) is 15.5. The van der Waals surface area contributed by atoms with E-state index in [4.69, 9.17) is 9.97 Å². The molecule has 1 N–H and O–H groups in total. The van der Waals surface area contributed by atoms with Gasteiger partial charge in [-0.2, -0.15) is 0 Å². The molecule has 46 heavy (non-hydrogen) atoms. The number of nitrogens with zero attached hydrogens (tertiary/aromatic N) is 3. The van der Waals surface area contributed by atoms with E-state index in [1.165, 1.54) is 11.1 Å². The van der Waals surface area contributed by atoms with Gasteiger partial charge in [-0.05, 0) is 93.2 Å². The van der Waals surface area contributed by atoms with Crippen molar-refractivity contribution in [3.8, 4) is 56.0 Å². The number of benzene rings is 5. The molecule has 2 aromatic heterocycles. The van der Waals surface area contributed by atoms with Gasteiger partial charge in [-0.1, -0.05) is 103 Å². The lowest BCUT2D eigenvalue weighted by Crippen LogP contribution is -2.08. The van der Waals surface area contributed by atoms with Crippen LogP contribution in [0.15, 0.2) is 164 Å². The summed E-state index contributed by atoms with van der Waals surface area (Å²) < 4.78 is 0. The summed E-state index contributed by atoms with van der Waals surface area (Å²) in [5, 5.41) is 4.30. The lowest BCUT2D eigenvalue weighted by atomic mass is 9.94. The number of allylic oxidation sites excluding steroid dienone is 2. The number of hydrogen-bond donors (Lipinski definition) is 1. The highest BCUT2D eigenvalue weighted by Gasteiger charge is 2.16. The van der Waals surface area contributed by atoms with Crippen LogP contribution in [-0.2, 0) is 0 Å². The Morgan fingerprint density at radius 1 is 0.500 bits per heavy atom. The summed E-state index contributed by atoms with van der Waals surface area (Å²) in [5.74, 6) is 0.701. The number of pyridine rings is 1. The molecular weight excluding hydrogens is 560 g/mol. The van der Waals surface area contributed by atoms with Crippen molar-refractivity contribution in [2.45, 2.75) is 0 Å². The summed E-state index contributed by atoms with van der Waals surface area (Å²) in [6, 6.07) is 46.8. The zero-order valence-electron chi connectivity index (χ0n) is 25.1. The van der Waals surface area contributed by atoms with E-state index in [1.54, 1.807) is 6.20 Å². The monoisotopic (exact) mass is 590 g/mol. The fourth-order valence-electron chi connectivity index (χ4n) is 6.03. The van der Waals surface area contributed by atoms with Crippen LogP contribution in [0.1, 0.15) is 5.56 Å². The van der Waals surface area contributed by atoms with Gasteiger partial charge in [0.25, 0.3) is 0 Å². The molecule has 7 aromatic rings. The van der Waals surface area contributed by atoms with Crippen LogP contribution in [-0.4, -0.2) is 21.5 Å². The molecule has 0 aliphatic carbocycles. The number of rotatable bonds is 6. The summed E-state index contributed by atoms with van der Waals surface area (Å²) in [6.45, 7) is 0.791. The maximum Gasteiger partial charge on any atom is 0.160 e. The Balaban J connectivity index is 1.29. The first kappa shape index (κ1) is 27.4. The summed E-state index contributed by atoms with van der Waals surface area (Å²) >= 11 is 0. The molecule has 0 saturated heterocycles. The minimum atomic E-state index is 0.701. The molecule has 4 nitrogen and oxygen atoms in total. The number of nitrogens with one attached hydrogen (secondary N) is 1. The molecule has 5 aromatic carbocycles. The van der Waals surface area contributed by atoms with Crippen LogP contribution in [0.25, 0.3) is 72.5 Å². The Kier molecular flexibility index (Phi) is 7.21. The van der Waals surface area contributed by atoms with Gasteiger partial charge >= 0.3 is 0 Å². The van der Waals surface area contributed by atoms with Gasteiger partial charge in [0.05, 0.1) is 11.2 Å². The topological polar surface area (TPSA) is 50.7 Å². The normalized spacial score (nSPS) is 12.5. The summed E-state index contributed by atoms with van der Waals surface area (Å²) in [5.41, 5.74) is 13.0. The Bertz CT molecular complexity index is 2220. The zero-order valence-corrected chi connectivity index (χ0v) is 25.1. The quantitative estimate of drug-likeness (QED) is 0.209. The lowest BCUT2D eigenvalue weighted by Gasteiger charge is -2.15. The molecular formula is C42H30N4. The van der Waals surface area contributed by atoms with Gasteiger partial charge in [0, 0.05) is 35.5 Å². The first-order chi connectivity index (χ1) is 22.8. The molecule has 0 radical (unpaired) electrons. The highest BCUT2D eigenvalue weighted by molar-refractivity contribution is 5.96. The number of fused-ring (bicyclic) bond motifs is 1. The predicted molar refractivity (Wildman–Crippen MR) is 190 cm³/mol. The van der Waals surface area contributed by atoms with Crippen molar-refractivity contribution in [3.63, 3.8) is 0 Å². The predicted octanol–water partition coefficient (Wildman–Crippen LogP) is 9.86. The highest BCUT2D eigenvalue weighted by Crippen LogP contribution is 2.36. The van der Waals surface area contributed by atoms with E-state index in [2.05, 4.69) is 138 Å². The molecule has 0 amide bonds. The molecule has 0 fully saturated rings. The largest absolute Gasteiger partial charge is 0.387 e. The van der Waals surface area contributed by atoms with Crippen LogP contribution in [0.3, 0.4) is 0 Å². The van der Waals surface area contributed by atoms with E-state index in [0.717, 1.165) is 67.6 Å². The second-order valence-electron chi connectivity index (χ2n) is 11.4. The van der Waals surface area contributed by atoms with Crippen molar-refractivity contribution < 1.29 is 0 Å². The van der Waals surface area contributed by atoms with Crippen molar-refractivity contribution in [2.24, 2.45) is 0 Å². The van der Waals surface area contributed by atoms with Crippen LogP contribution in [0.2, 0.25) is 0 Å². The second kappa shape index (κ2) is 12.1. The van der Waals surface area contributed by atoms with E-state index in [-0.39, 0.29) is 0 Å². The molecule has 1 aliphatic heterocycles. The minimum Gasteiger partial charge on any atom is -0.387 e. The average molecular weight is 591 g/mol. The number of dihydropyridines is 1. The molecule has 1 aliphatic rings. The molecule has 0 bridgehead atoms. The summed E-state index contributed by atoms with van der Waals surface area (Å²) in [4.78, 5) is 14.7. The third-order valence-corrected chi connectivity index (χ3v) is 8.41. The van der Waals surface area contributed by atoms with Crippen LogP contribution < -0.4 is 5.32 Å². The van der Waals surface area contributed by atoms with Crippen LogP contribution in [0, 0.1) is 0 Å². The molecule has 0 atom stereocenters. The summed E-state index contributed by atoms with van der Waals surface area (Å²) in [6.07, 6.45) is 10.0. The molecule has 0 unspecified atom stereocenters. The van der Waals surface area contributed by atoms with Crippen LogP contribution in [0.5, 0.6) is 0 Å². The average Bonchev–Trinajstić information content (AvgIpc) is 3.15. The molecule has 0 spiro atoms. The van der Waals surface area contributed by atoms with Crippen molar-refractivity contribution in [2.75, 3.05) is 6.54 Å². The van der Waals surface area contributed by atoms with Gasteiger partial charge < -0.3 is 5.32 Å². The van der Waals surface area contributed by atoms with Crippen molar-refractivity contribution in [1.82, 2.24) is 20.3 Å². The first-order valence-corrected chi connectivity index (χ1v) is 15.5. The maximum absolute atomic E-state index is 5.28. The van der Waals surface area contributed by atoms with Gasteiger partial charge in [-0.25, -0.2) is 9.97 Å². The molecule has 3 heterocycles. The van der Waals surface area contributed by atoms with Gasteiger partial charge in [0.1, 0.15) is 0 Å². The minimum absolute atomic E-state index is 0.701. The highest BCUT2D eigenvalue weighted by atomic mass is 14.9. The summed E-state index contributed by atoms with van der Waals surface area (Å²) in [7, 11) is 0. The Morgan fingerprint density at radius 2 is 1.15 bits per heavy atom. The fourth-order valence-corrected chi connectivity index (χ4v) is 6.03. The fraction of sp³-hybridized carbons (Fsp3) is 0.0238. The third-order valence-electron chi connectivity index (χ3n) is 8.41. The molecule has 0 saturated carbocycles. The standard InChI is InChI=1S/C42H30N4/c1-3-8-29(9-4-1)34-17-18-40-39(27-34)41(33-10-5-2-6-11-33)46-42(45-40)38-25-36(24-37(26-38)32-19-22-43-23-20-32)31-15-13-30(14-16-31)35-12-7-21-44-28-35/h1-22,24-28,43H,23H2. The Labute approximate surface area is 268 Å². The van der Waals surface area contributed by atoms with Gasteiger partial charge in [-0.15, -0.1) is 0 Å². The van der Waals surface area contributed by atoms with Crippen LogP contribution >= 0.6 is 0 Å². The van der Waals surface area contributed by atoms with Crippen molar-refractivity contribution in [1.29, 1.82) is 0 Å². The Hall–Kier alpha value is -6.13. The Morgan fingerprint density at radius 3 is 1.87 bits per heavy atom.